The van der Waals surface area contributed by atoms with E-state index in [0.717, 1.165) is 13.0 Å². The van der Waals surface area contributed by atoms with Crippen LogP contribution in [0, 0.1) is 5.92 Å². The van der Waals surface area contributed by atoms with E-state index in [-0.39, 0.29) is 0 Å². The summed E-state index contributed by atoms with van der Waals surface area (Å²) in [5.41, 5.74) is 2.60. The first-order valence-corrected chi connectivity index (χ1v) is 7.52. The van der Waals surface area contributed by atoms with Crippen molar-refractivity contribution < 1.29 is 4.42 Å². The van der Waals surface area contributed by atoms with E-state index in [1.165, 1.54) is 11.1 Å². The second kappa shape index (κ2) is 7.78. The largest absolute Gasteiger partial charge is 0.407 e. The fraction of sp³-hybridized carbons (Fsp3) is 0.500. The Morgan fingerprint density at radius 1 is 1.10 bits per heavy atom. The summed E-state index contributed by atoms with van der Waals surface area (Å²) >= 11 is 0. The van der Waals surface area contributed by atoms with Crippen molar-refractivity contribution in [3.8, 4) is 0 Å². The van der Waals surface area contributed by atoms with Gasteiger partial charge in [-0.25, -0.2) is 0 Å². The fourth-order valence-electron chi connectivity index (χ4n) is 2.11. The average Bonchev–Trinajstić information content (AvgIpc) is 2.93. The van der Waals surface area contributed by atoms with E-state index >= 15 is 0 Å². The van der Waals surface area contributed by atoms with Crippen LogP contribution in [0.25, 0.3) is 0 Å². The van der Waals surface area contributed by atoms with Crippen LogP contribution >= 0.6 is 0 Å². The molecular formula is C16H24N4O. The summed E-state index contributed by atoms with van der Waals surface area (Å²) < 4.78 is 5.56. The van der Waals surface area contributed by atoms with Gasteiger partial charge in [0.15, 0.2) is 0 Å². The smallest absolute Gasteiger partial charge is 0.315 e. The van der Waals surface area contributed by atoms with E-state index in [9.17, 15) is 0 Å². The first-order chi connectivity index (χ1) is 10.2. The molecular weight excluding hydrogens is 264 g/mol. The molecule has 21 heavy (non-hydrogen) atoms. The Kier molecular flexibility index (Phi) is 5.75. The highest BCUT2D eigenvalue weighted by Crippen LogP contribution is 2.12. The Balaban J connectivity index is 1.85. The maximum atomic E-state index is 5.56. The Hall–Kier alpha value is -1.88. The lowest BCUT2D eigenvalue weighted by molar-refractivity contribution is 0.458. The fourth-order valence-corrected chi connectivity index (χ4v) is 2.11. The van der Waals surface area contributed by atoms with Crippen molar-refractivity contribution in [2.75, 3.05) is 11.9 Å². The first kappa shape index (κ1) is 15.5. The third-order valence-corrected chi connectivity index (χ3v) is 3.23. The van der Waals surface area contributed by atoms with Crippen LogP contribution in [-0.4, -0.2) is 16.7 Å². The molecule has 5 heteroatoms. The number of hydrogen-bond donors (Lipinski definition) is 2. The van der Waals surface area contributed by atoms with Gasteiger partial charge in [0.1, 0.15) is 0 Å². The van der Waals surface area contributed by atoms with Crippen LogP contribution in [-0.2, 0) is 19.5 Å². The topological polar surface area (TPSA) is 63.0 Å². The maximum absolute atomic E-state index is 5.56. The van der Waals surface area contributed by atoms with E-state index in [4.69, 9.17) is 4.42 Å². The number of benzene rings is 1. The second-order valence-corrected chi connectivity index (χ2v) is 5.50. The number of nitrogens with zero attached hydrogens (tertiary/aromatic N) is 2. The average molecular weight is 288 g/mol. The van der Waals surface area contributed by atoms with Gasteiger partial charge in [-0.05, 0) is 30.0 Å². The molecule has 0 saturated carbocycles. The third kappa shape index (κ3) is 4.86. The molecule has 0 aliphatic carbocycles. The van der Waals surface area contributed by atoms with Crippen LogP contribution in [0.5, 0.6) is 0 Å². The van der Waals surface area contributed by atoms with Gasteiger partial charge in [-0.3, -0.25) is 0 Å². The van der Waals surface area contributed by atoms with Crippen molar-refractivity contribution in [3.63, 3.8) is 0 Å². The highest BCUT2D eigenvalue weighted by Gasteiger charge is 2.06. The Labute approximate surface area is 126 Å². The number of rotatable bonds is 8. The molecule has 0 atom stereocenters. The van der Waals surface area contributed by atoms with Gasteiger partial charge in [0.25, 0.3) is 0 Å². The van der Waals surface area contributed by atoms with Gasteiger partial charge >= 0.3 is 6.01 Å². The van der Waals surface area contributed by atoms with Crippen LogP contribution in [0.1, 0.15) is 37.8 Å². The third-order valence-electron chi connectivity index (χ3n) is 3.23. The van der Waals surface area contributed by atoms with E-state index in [1.54, 1.807) is 0 Å². The lowest BCUT2D eigenvalue weighted by Gasteiger charge is -2.07. The summed E-state index contributed by atoms with van der Waals surface area (Å²) in [7, 11) is 0. The van der Waals surface area contributed by atoms with Gasteiger partial charge in [0.05, 0.1) is 6.54 Å². The first-order valence-electron chi connectivity index (χ1n) is 7.52. The minimum atomic E-state index is 0.474. The quantitative estimate of drug-likeness (QED) is 0.782. The van der Waals surface area contributed by atoms with Crippen LogP contribution in [0.15, 0.2) is 28.7 Å². The number of hydrogen-bond acceptors (Lipinski definition) is 5. The molecule has 0 unspecified atom stereocenters. The zero-order valence-electron chi connectivity index (χ0n) is 13.0. The van der Waals surface area contributed by atoms with E-state index in [1.807, 2.05) is 6.07 Å². The maximum Gasteiger partial charge on any atom is 0.315 e. The minimum absolute atomic E-state index is 0.474. The standard InChI is InChI=1S/C16H24N4O/c1-4-13-7-5-6-8-14(13)10-18-16-20-19-15(21-16)11-17-9-12(2)3/h5-8,12,17H,4,9-11H2,1-3H3,(H,18,20). The summed E-state index contributed by atoms with van der Waals surface area (Å²) in [6.45, 7) is 8.74. The molecule has 0 saturated heterocycles. The Bertz CT molecular complexity index is 551. The van der Waals surface area contributed by atoms with Crippen molar-refractivity contribution in [3.05, 3.63) is 41.3 Å². The molecule has 2 N–H and O–H groups in total. The van der Waals surface area contributed by atoms with Crippen molar-refractivity contribution in [1.82, 2.24) is 15.5 Å². The summed E-state index contributed by atoms with van der Waals surface area (Å²) in [6.07, 6.45) is 1.02. The van der Waals surface area contributed by atoms with Gasteiger partial charge in [-0.1, -0.05) is 50.1 Å². The van der Waals surface area contributed by atoms with Crippen molar-refractivity contribution >= 4 is 6.01 Å². The van der Waals surface area contributed by atoms with Crippen LogP contribution in [0.4, 0.5) is 6.01 Å². The molecule has 114 valence electrons. The van der Waals surface area contributed by atoms with Crippen molar-refractivity contribution in [1.29, 1.82) is 0 Å². The predicted octanol–water partition coefficient (Wildman–Crippen LogP) is 2.99. The predicted molar refractivity (Wildman–Crippen MR) is 84.0 cm³/mol. The number of aryl methyl sites for hydroxylation is 1. The summed E-state index contributed by atoms with van der Waals surface area (Å²) in [6, 6.07) is 8.85. The molecule has 0 amide bonds. The molecule has 5 nitrogen and oxygen atoms in total. The number of anilines is 1. The molecule has 1 aromatic carbocycles. The number of aromatic nitrogens is 2. The van der Waals surface area contributed by atoms with Gasteiger partial charge in [0, 0.05) is 6.54 Å². The van der Waals surface area contributed by atoms with E-state index in [0.29, 0.717) is 30.9 Å². The van der Waals surface area contributed by atoms with Crippen molar-refractivity contribution in [2.24, 2.45) is 5.92 Å². The van der Waals surface area contributed by atoms with Gasteiger partial charge in [0.2, 0.25) is 5.89 Å². The van der Waals surface area contributed by atoms with E-state index < -0.39 is 0 Å². The molecule has 2 rings (SSSR count). The Morgan fingerprint density at radius 3 is 2.57 bits per heavy atom. The normalized spacial score (nSPS) is 11.0. The second-order valence-electron chi connectivity index (χ2n) is 5.50. The number of nitrogens with one attached hydrogen (secondary N) is 2. The summed E-state index contributed by atoms with van der Waals surface area (Å²) in [5, 5.41) is 14.5. The highest BCUT2D eigenvalue weighted by atomic mass is 16.4. The van der Waals surface area contributed by atoms with Gasteiger partial charge in [-0.2, -0.15) is 0 Å². The molecule has 1 heterocycles. The zero-order valence-corrected chi connectivity index (χ0v) is 13.0. The lowest BCUT2D eigenvalue weighted by Crippen LogP contribution is -2.19. The van der Waals surface area contributed by atoms with Crippen LogP contribution in [0.2, 0.25) is 0 Å². The van der Waals surface area contributed by atoms with Gasteiger partial charge in [-0.15, -0.1) is 5.10 Å². The molecule has 0 aliphatic heterocycles. The monoisotopic (exact) mass is 288 g/mol. The molecule has 1 aromatic heterocycles. The molecule has 0 radical (unpaired) electrons. The van der Waals surface area contributed by atoms with Crippen LogP contribution in [0.3, 0.4) is 0 Å². The molecule has 0 aliphatic rings. The molecule has 0 fully saturated rings. The molecule has 0 spiro atoms. The molecule has 0 bridgehead atoms. The minimum Gasteiger partial charge on any atom is -0.407 e. The van der Waals surface area contributed by atoms with E-state index in [2.05, 4.69) is 59.8 Å². The summed E-state index contributed by atoms with van der Waals surface area (Å²) in [4.78, 5) is 0. The highest BCUT2D eigenvalue weighted by molar-refractivity contribution is 5.30. The van der Waals surface area contributed by atoms with Crippen molar-refractivity contribution in [2.45, 2.75) is 40.3 Å². The lowest BCUT2D eigenvalue weighted by atomic mass is 10.1. The van der Waals surface area contributed by atoms with Crippen LogP contribution < -0.4 is 10.6 Å². The summed E-state index contributed by atoms with van der Waals surface area (Å²) in [5.74, 6) is 1.22. The molecule has 2 aromatic rings. The van der Waals surface area contributed by atoms with Gasteiger partial charge < -0.3 is 15.1 Å². The zero-order chi connectivity index (χ0) is 15.1. The Morgan fingerprint density at radius 2 is 1.86 bits per heavy atom. The SMILES string of the molecule is CCc1ccccc1CNc1nnc(CNCC(C)C)o1.